The second-order valence-corrected chi connectivity index (χ2v) is 8.87. The molecule has 1 saturated heterocycles. The van der Waals surface area contributed by atoms with Gasteiger partial charge < -0.3 is 25.2 Å². The van der Waals surface area contributed by atoms with E-state index in [0.717, 1.165) is 30.8 Å². The van der Waals surface area contributed by atoms with Crippen molar-refractivity contribution in [2.75, 3.05) is 41.4 Å². The summed E-state index contributed by atoms with van der Waals surface area (Å²) >= 11 is 6.62. The predicted molar refractivity (Wildman–Crippen MR) is 131 cm³/mol. The topological polar surface area (TPSA) is 129 Å². The van der Waals surface area contributed by atoms with Crippen molar-refractivity contribution >= 4 is 34.8 Å². The molecule has 0 saturated carbocycles. The van der Waals surface area contributed by atoms with E-state index in [1.807, 2.05) is 19.2 Å². The number of aryl methyl sites for hydroxylation is 1. The van der Waals surface area contributed by atoms with E-state index in [9.17, 15) is 9.90 Å². The van der Waals surface area contributed by atoms with Crippen molar-refractivity contribution < 1.29 is 19.7 Å². The van der Waals surface area contributed by atoms with Gasteiger partial charge in [-0.15, -0.1) is 0 Å². The Labute approximate surface area is 206 Å². The van der Waals surface area contributed by atoms with Crippen LogP contribution in [0.5, 0.6) is 5.88 Å². The van der Waals surface area contributed by atoms with E-state index < -0.39 is 12.7 Å². The highest BCUT2D eigenvalue weighted by Crippen LogP contribution is 2.43. The Bertz CT molecular complexity index is 1240. The van der Waals surface area contributed by atoms with E-state index in [2.05, 4.69) is 20.3 Å². The third-order valence-corrected chi connectivity index (χ3v) is 6.39. The van der Waals surface area contributed by atoms with Crippen molar-refractivity contribution in [3.05, 3.63) is 41.8 Å². The van der Waals surface area contributed by atoms with Gasteiger partial charge in [-0.2, -0.15) is 5.10 Å². The third-order valence-electron chi connectivity index (χ3n) is 6.10. The van der Waals surface area contributed by atoms with Crippen LogP contribution in [0.1, 0.15) is 13.3 Å². The summed E-state index contributed by atoms with van der Waals surface area (Å²) in [5.41, 5.74) is 2.67. The molecule has 3 aromatic rings. The van der Waals surface area contributed by atoms with Gasteiger partial charge in [-0.05, 0) is 25.5 Å². The monoisotopic (exact) mass is 499 g/mol. The Morgan fingerprint density at radius 2 is 2.26 bits per heavy atom. The van der Waals surface area contributed by atoms with E-state index in [0.29, 0.717) is 28.8 Å². The van der Waals surface area contributed by atoms with Gasteiger partial charge in [0.15, 0.2) is 5.82 Å². The van der Waals surface area contributed by atoms with Gasteiger partial charge in [0.1, 0.15) is 12.7 Å². The number of aromatic nitrogens is 4. The standard InChI is InChI=1S/C23H26ClN7O4/c1-2-30-10-14(9-26-30)21-18(24)8-19-22(28-21)31(16-4-6-29(19)11-16)23(34)27-15-3-5-25-20(7-15)35-13-17(33)12-32/h3,5,7-10,16-17,32-33H,2,4,6,11-13H2,1H3,(H,25,27,34)/t16-,17?/m0/s1. The summed E-state index contributed by atoms with van der Waals surface area (Å²) in [6.45, 7) is 3.72. The number of carbonyl (C=O) groups is 1. The minimum Gasteiger partial charge on any atom is -0.475 e. The number of hydrogen-bond acceptors (Lipinski definition) is 8. The number of pyridine rings is 2. The lowest BCUT2D eigenvalue weighted by Crippen LogP contribution is -2.48. The highest BCUT2D eigenvalue weighted by molar-refractivity contribution is 6.33. The minimum absolute atomic E-state index is 0.0281. The van der Waals surface area contributed by atoms with Crippen molar-refractivity contribution in [1.29, 1.82) is 0 Å². The molecule has 0 aromatic carbocycles. The highest BCUT2D eigenvalue weighted by Gasteiger charge is 2.41. The summed E-state index contributed by atoms with van der Waals surface area (Å²) in [7, 11) is 0. The number of amides is 2. The third kappa shape index (κ3) is 4.62. The summed E-state index contributed by atoms with van der Waals surface area (Å²) in [6.07, 6.45) is 4.91. The maximum atomic E-state index is 13.5. The molecule has 3 aromatic heterocycles. The fraction of sp³-hybridized carbons (Fsp3) is 0.391. The van der Waals surface area contributed by atoms with Crippen LogP contribution in [0.15, 0.2) is 36.8 Å². The largest absolute Gasteiger partial charge is 0.475 e. The molecule has 0 radical (unpaired) electrons. The van der Waals surface area contributed by atoms with E-state index in [4.69, 9.17) is 26.4 Å². The smallest absolute Gasteiger partial charge is 0.327 e. The fourth-order valence-corrected chi connectivity index (χ4v) is 4.59. The van der Waals surface area contributed by atoms with Gasteiger partial charge in [-0.3, -0.25) is 9.58 Å². The van der Waals surface area contributed by atoms with Crippen LogP contribution in [0.3, 0.4) is 0 Å². The van der Waals surface area contributed by atoms with Crippen LogP contribution in [0.4, 0.5) is 22.0 Å². The van der Waals surface area contributed by atoms with Crippen LogP contribution in [-0.2, 0) is 6.54 Å². The summed E-state index contributed by atoms with van der Waals surface area (Å²) in [6, 6.07) is 4.73. The number of aliphatic hydroxyl groups excluding tert-OH is 2. The zero-order valence-electron chi connectivity index (χ0n) is 19.1. The predicted octanol–water partition coefficient (Wildman–Crippen LogP) is 2.38. The summed E-state index contributed by atoms with van der Waals surface area (Å²) < 4.78 is 7.19. The lowest BCUT2D eigenvalue weighted by Gasteiger charge is -2.36. The van der Waals surface area contributed by atoms with Crippen LogP contribution in [-0.4, -0.2) is 74.4 Å². The first-order valence-electron chi connectivity index (χ1n) is 11.4. The molecule has 2 aliphatic rings. The van der Waals surface area contributed by atoms with Gasteiger partial charge in [0.25, 0.3) is 0 Å². The van der Waals surface area contributed by atoms with Crippen molar-refractivity contribution in [2.24, 2.45) is 0 Å². The number of fused-ring (bicyclic) bond motifs is 4. The Hall–Kier alpha value is -3.41. The number of ether oxygens (including phenoxy) is 1. The number of nitrogens with one attached hydrogen (secondary N) is 1. The van der Waals surface area contributed by atoms with Crippen molar-refractivity contribution in [3.8, 4) is 17.1 Å². The van der Waals surface area contributed by atoms with Crippen molar-refractivity contribution in [2.45, 2.75) is 32.0 Å². The summed E-state index contributed by atoms with van der Waals surface area (Å²) in [4.78, 5) is 26.3. The Balaban J connectivity index is 1.43. The second-order valence-electron chi connectivity index (χ2n) is 8.47. The normalized spacial score (nSPS) is 17.3. The molecule has 184 valence electrons. The molecule has 2 atom stereocenters. The van der Waals surface area contributed by atoms with Crippen molar-refractivity contribution in [1.82, 2.24) is 19.7 Å². The van der Waals surface area contributed by atoms with E-state index in [-0.39, 0.29) is 24.6 Å². The number of nitrogens with zero attached hydrogens (tertiary/aromatic N) is 6. The average Bonchev–Trinajstić information content (AvgIpc) is 3.51. The van der Waals surface area contributed by atoms with Crippen LogP contribution in [0.25, 0.3) is 11.3 Å². The van der Waals surface area contributed by atoms with Gasteiger partial charge in [-0.25, -0.2) is 14.8 Å². The SMILES string of the molecule is CCn1cc(-c2nc3c(cc2Cl)N2CC[C@@H](C2)N3C(=O)Nc2ccnc(OCC(O)CO)c2)cn1. The van der Waals surface area contributed by atoms with Crippen molar-refractivity contribution in [3.63, 3.8) is 0 Å². The number of carbonyl (C=O) groups excluding carboxylic acids is 1. The van der Waals surface area contributed by atoms with Gasteiger partial charge >= 0.3 is 6.03 Å². The molecule has 2 bridgehead atoms. The lowest BCUT2D eigenvalue weighted by molar-refractivity contribution is 0.0521. The molecule has 0 aliphatic carbocycles. The number of rotatable bonds is 7. The Kier molecular flexibility index (Phi) is 6.46. The van der Waals surface area contributed by atoms with Gasteiger partial charge in [-0.1, -0.05) is 11.6 Å². The quantitative estimate of drug-likeness (QED) is 0.452. The summed E-state index contributed by atoms with van der Waals surface area (Å²) in [5, 5.41) is 26.2. The zero-order valence-corrected chi connectivity index (χ0v) is 19.9. The fourth-order valence-electron chi connectivity index (χ4n) is 4.33. The van der Waals surface area contributed by atoms with E-state index >= 15 is 0 Å². The first-order valence-corrected chi connectivity index (χ1v) is 11.8. The first-order chi connectivity index (χ1) is 17.0. The van der Waals surface area contributed by atoms with Crippen LogP contribution in [0, 0.1) is 0 Å². The van der Waals surface area contributed by atoms with Crippen LogP contribution < -0.4 is 19.9 Å². The van der Waals surface area contributed by atoms with Gasteiger partial charge in [0.2, 0.25) is 5.88 Å². The Morgan fingerprint density at radius 1 is 1.40 bits per heavy atom. The second kappa shape index (κ2) is 9.68. The van der Waals surface area contributed by atoms with E-state index in [1.165, 1.54) is 6.20 Å². The van der Waals surface area contributed by atoms with Gasteiger partial charge in [0, 0.05) is 49.3 Å². The minimum atomic E-state index is -1.01. The molecule has 3 N–H and O–H groups in total. The molecule has 35 heavy (non-hydrogen) atoms. The number of aliphatic hydroxyl groups is 2. The number of halogens is 1. The Morgan fingerprint density at radius 3 is 3.03 bits per heavy atom. The van der Waals surface area contributed by atoms with Crippen LogP contribution in [0.2, 0.25) is 5.02 Å². The molecule has 1 fully saturated rings. The van der Waals surface area contributed by atoms with Crippen LogP contribution >= 0.6 is 11.6 Å². The number of hydrogen-bond donors (Lipinski definition) is 3. The molecular formula is C23H26ClN7O4. The summed E-state index contributed by atoms with van der Waals surface area (Å²) in [5.74, 6) is 0.776. The number of urea groups is 1. The maximum absolute atomic E-state index is 13.5. The zero-order chi connectivity index (χ0) is 24.5. The first kappa shape index (κ1) is 23.3. The average molecular weight is 500 g/mol. The molecule has 2 amide bonds. The van der Waals surface area contributed by atoms with E-state index in [1.54, 1.807) is 27.9 Å². The number of anilines is 3. The molecule has 0 spiro atoms. The molecule has 5 heterocycles. The molecule has 1 unspecified atom stereocenters. The molecule has 11 nitrogen and oxygen atoms in total. The maximum Gasteiger partial charge on any atom is 0.327 e. The molecule has 12 heteroatoms. The molecule has 2 aliphatic heterocycles. The molecular weight excluding hydrogens is 474 g/mol. The van der Waals surface area contributed by atoms with Gasteiger partial charge in [0.05, 0.1) is 35.2 Å². The highest BCUT2D eigenvalue weighted by atomic mass is 35.5. The lowest BCUT2D eigenvalue weighted by atomic mass is 10.1. The molecule has 5 rings (SSSR count).